The maximum Gasteiger partial charge on any atom is 0.175 e. The van der Waals surface area contributed by atoms with Crippen molar-refractivity contribution in [2.45, 2.75) is 10.9 Å². The van der Waals surface area contributed by atoms with Crippen LogP contribution in [-0.4, -0.2) is 21.3 Å². The highest BCUT2D eigenvalue weighted by molar-refractivity contribution is 7.90. The van der Waals surface area contributed by atoms with Gasteiger partial charge < -0.3 is 10.5 Å². The molecule has 1 aliphatic heterocycles. The van der Waals surface area contributed by atoms with E-state index in [0.717, 1.165) is 5.56 Å². The molecule has 0 saturated carbocycles. The lowest BCUT2D eigenvalue weighted by molar-refractivity contribution is 0.333. The van der Waals surface area contributed by atoms with Gasteiger partial charge in [-0.25, -0.2) is 8.42 Å². The molecule has 2 N–H and O–H groups in total. The average Bonchev–Trinajstić information content (AvgIpc) is 2.46. The molecule has 0 amide bonds. The van der Waals surface area contributed by atoms with Gasteiger partial charge in [-0.05, 0) is 18.2 Å². The molecule has 1 aromatic carbocycles. The van der Waals surface area contributed by atoms with Gasteiger partial charge >= 0.3 is 0 Å². The summed E-state index contributed by atoms with van der Waals surface area (Å²) >= 11 is 0. The van der Waals surface area contributed by atoms with E-state index in [1.807, 2.05) is 0 Å². The van der Waals surface area contributed by atoms with Crippen LogP contribution < -0.4 is 10.5 Å². The number of nitrogens with two attached hydrogens (primary N) is 1. The van der Waals surface area contributed by atoms with Crippen LogP contribution in [0.2, 0.25) is 0 Å². The number of sulfone groups is 1. The van der Waals surface area contributed by atoms with Crippen molar-refractivity contribution in [2.24, 2.45) is 5.73 Å². The summed E-state index contributed by atoms with van der Waals surface area (Å²) in [6.45, 7) is 0.419. The summed E-state index contributed by atoms with van der Waals surface area (Å²) in [4.78, 5) is 0.289. The molecule has 0 bridgehead atoms. The van der Waals surface area contributed by atoms with Gasteiger partial charge in [0.15, 0.2) is 9.84 Å². The van der Waals surface area contributed by atoms with E-state index >= 15 is 0 Å². The highest BCUT2D eigenvalue weighted by Gasteiger charge is 2.22. The van der Waals surface area contributed by atoms with Gasteiger partial charge in [-0.3, -0.25) is 0 Å². The van der Waals surface area contributed by atoms with Crippen LogP contribution in [0.15, 0.2) is 23.1 Å². The molecule has 14 heavy (non-hydrogen) atoms. The molecule has 1 atom stereocenters. The van der Waals surface area contributed by atoms with Gasteiger partial charge in [-0.15, -0.1) is 0 Å². The van der Waals surface area contributed by atoms with Crippen molar-refractivity contribution in [3.63, 3.8) is 0 Å². The molecule has 4 nitrogen and oxygen atoms in total. The van der Waals surface area contributed by atoms with Crippen molar-refractivity contribution >= 4 is 9.84 Å². The van der Waals surface area contributed by atoms with E-state index in [9.17, 15) is 8.42 Å². The van der Waals surface area contributed by atoms with Crippen LogP contribution in [0.5, 0.6) is 5.75 Å². The lowest BCUT2D eigenvalue weighted by Gasteiger charge is -2.03. The largest absolute Gasteiger partial charge is 0.491 e. The third-order valence-electron chi connectivity index (χ3n) is 2.23. The first-order valence-corrected chi connectivity index (χ1v) is 6.10. The van der Waals surface area contributed by atoms with Gasteiger partial charge in [0.25, 0.3) is 0 Å². The predicted octanol–water partition coefficient (Wildman–Crippen LogP) is 0.482. The highest BCUT2D eigenvalue weighted by atomic mass is 32.2. The van der Waals surface area contributed by atoms with E-state index in [2.05, 4.69) is 0 Å². The second-order valence-corrected chi connectivity index (χ2v) is 5.41. The Labute approximate surface area is 82.6 Å². The molecular weight excluding hydrogens is 202 g/mol. The summed E-state index contributed by atoms with van der Waals surface area (Å²) in [6.07, 6.45) is 1.18. The quantitative estimate of drug-likeness (QED) is 0.736. The monoisotopic (exact) mass is 213 g/mol. The fourth-order valence-corrected chi connectivity index (χ4v) is 2.10. The van der Waals surface area contributed by atoms with Gasteiger partial charge in [0.05, 0.1) is 10.9 Å². The smallest absolute Gasteiger partial charge is 0.175 e. The van der Waals surface area contributed by atoms with Crippen LogP contribution >= 0.6 is 0 Å². The topological polar surface area (TPSA) is 69.4 Å². The van der Waals surface area contributed by atoms with Crippen LogP contribution in [0.25, 0.3) is 0 Å². The predicted molar refractivity (Wildman–Crippen MR) is 52.0 cm³/mol. The fourth-order valence-electron chi connectivity index (χ4n) is 1.45. The lowest BCUT2D eigenvalue weighted by Crippen LogP contribution is -2.11. The molecule has 0 unspecified atom stereocenters. The number of fused-ring (bicyclic) bond motifs is 1. The minimum Gasteiger partial charge on any atom is -0.491 e. The Morgan fingerprint density at radius 3 is 2.86 bits per heavy atom. The van der Waals surface area contributed by atoms with Crippen molar-refractivity contribution in [1.29, 1.82) is 0 Å². The lowest BCUT2D eigenvalue weighted by atomic mass is 10.1. The van der Waals surface area contributed by atoms with Crippen LogP contribution in [0.4, 0.5) is 0 Å². The number of hydrogen-bond acceptors (Lipinski definition) is 4. The van der Waals surface area contributed by atoms with Gasteiger partial charge in [-0.1, -0.05) is 0 Å². The molecule has 5 heteroatoms. The van der Waals surface area contributed by atoms with E-state index in [1.54, 1.807) is 12.1 Å². The molecule has 1 aliphatic rings. The van der Waals surface area contributed by atoms with E-state index in [1.165, 1.54) is 12.3 Å². The summed E-state index contributed by atoms with van der Waals surface area (Å²) < 4.78 is 27.8. The van der Waals surface area contributed by atoms with Gasteiger partial charge in [-0.2, -0.15) is 0 Å². The molecule has 0 radical (unpaired) electrons. The maximum absolute atomic E-state index is 11.3. The molecule has 76 valence electrons. The molecule has 0 fully saturated rings. The zero-order chi connectivity index (χ0) is 10.3. The molecule has 0 spiro atoms. The summed E-state index contributed by atoms with van der Waals surface area (Å²) in [5.41, 5.74) is 6.51. The minimum absolute atomic E-state index is 0.216. The van der Waals surface area contributed by atoms with Crippen LogP contribution in [0.1, 0.15) is 11.6 Å². The zero-order valence-corrected chi connectivity index (χ0v) is 8.54. The second kappa shape index (κ2) is 2.96. The first-order valence-electron chi connectivity index (χ1n) is 4.21. The standard InChI is InChI=1S/C9H11NO3S/c1-14(11,12)6-2-3-9-7(4-6)8(10)5-13-9/h2-4,8H,5,10H2,1H3/t8-/m1/s1. The number of rotatable bonds is 1. The zero-order valence-electron chi connectivity index (χ0n) is 7.73. The molecule has 0 saturated heterocycles. The summed E-state index contributed by atoms with van der Waals surface area (Å²) in [7, 11) is -3.16. The molecular formula is C9H11NO3S. The summed E-state index contributed by atoms with van der Waals surface area (Å²) in [5.74, 6) is 0.685. The Balaban J connectivity index is 2.56. The van der Waals surface area contributed by atoms with Crippen molar-refractivity contribution in [2.75, 3.05) is 12.9 Å². The maximum atomic E-state index is 11.3. The Morgan fingerprint density at radius 1 is 1.50 bits per heavy atom. The Kier molecular flexibility index (Phi) is 2.01. The molecule has 1 aromatic rings. The summed E-state index contributed by atoms with van der Waals surface area (Å²) in [5, 5.41) is 0. The molecule has 1 heterocycles. The van der Waals surface area contributed by atoms with Gasteiger partial charge in [0.2, 0.25) is 0 Å². The molecule has 0 aromatic heterocycles. The second-order valence-electron chi connectivity index (χ2n) is 3.39. The highest BCUT2D eigenvalue weighted by Crippen LogP contribution is 2.32. The van der Waals surface area contributed by atoms with Crippen molar-refractivity contribution in [3.05, 3.63) is 23.8 Å². The van der Waals surface area contributed by atoms with E-state index in [-0.39, 0.29) is 10.9 Å². The van der Waals surface area contributed by atoms with Crippen LogP contribution in [0.3, 0.4) is 0 Å². The van der Waals surface area contributed by atoms with Gasteiger partial charge in [0, 0.05) is 11.8 Å². The molecule has 0 aliphatic carbocycles. The number of benzene rings is 1. The van der Waals surface area contributed by atoms with Crippen molar-refractivity contribution in [3.8, 4) is 5.75 Å². The number of ether oxygens (including phenoxy) is 1. The Bertz CT molecular complexity index is 467. The average molecular weight is 213 g/mol. The van der Waals surface area contributed by atoms with E-state index in [0.29, 0.717) is 12.4 Å². The Hall–Kier alpha value is -1.07. The van der Waals surface area contributed by atoms with Crippen molar-refractivity contribution < 1.29 is 13.2 Å². The third kappa shape index (κ3) is 1.49. The van der Waals surface area contributed by atoms with Crippen LogP contribution in [0, 0.1) is 0 Å². The normalized spacial score (nSPS) is 20.3. The third-order valence-corrected chi connectivity index (χ3v) is 3.34. The van der Waals surface area contributed by atoms with Gasteiger partial charge in [0.1, 0.15) is 12.4 Å². The van der Waals surface area contributed by atoms with Crippen molar-refractivity contribution in [1.82, 2.24) is 0 Å². The fraction of sp³-hybridized carbons (Fsp3) is 0.333. The minimum atomic E-state index is -3.16. The van der Waals surface area contributed by atoms with E-state index < -0.39 is 9.84 Å². The molecule has 2 rings (SSSR count). The Morgan fingerprint density at radius 2 is 2.21 bits per heavy atom. The number of hydrogen-bond donors (Lipinski definition) is 1. The first-order chi connectivity index (χ1) is 6.48. The SMILES string of the molecule is CS(=O)(=O)c1ccc2c(c1)[C@H](N)CO2. The van der Waals surface area contributed by atoms with Crippen LogP contribution in [-0.2, 0) is 9.84 Å². The first kappa shape index (κ1) is 9.48. The summed E-state index contributed by atoms with van der Waals surface area (Å²) in [6, 6.07) is 4.55. The van der Waals surface area contributed by atoms with E-state index in [4.69, 9.17) is 10.5 Å².